The fourth-order valence-corrected chi connectivity index (χ4v) is 5.82. The summed E-state index contributed by atoms with van der Waals surface area (Å²) in [6, 6.07) is 2.35. The highest BCUT2D eigenvalue weighted by Crippen LogP contribution is 2.43. The second-order valence-electron chi connectivity index (χ2n) is 7.99. The molecule has 2 saturated heterocycles. The highest BCUT2D eigenvalue weighted by molar-refractivity contribution is 7.91. The first-order valence-corrected chi connectivity index (χ1v) is 11.8. The molecule has 1 unspecified atom stereocenters. The number of aromatic nitrogens is 2. The average molecular weight is 450 g/mol. The highest BCUT2D eigenvalue weighted by atomic mass is 32.2. The molecule has 0 aliphatic carbocycles. The molecule has 31 heavy (non-hydrogen) atoms. The molecule has 0 bridgehead atoms. The van der Waals surface area contributed by atoms with Crippen LogP contribution in [0.3, 0.4) is 0 Å². The fourth-order valence-electron chi connectivity index (χ4n) is 4.25. The lowest BCUT2D eigenvalue weighted by atomic mass is 9.93. The third kappa shape index (κ3) is 3.81. The first-order chi connectivity index (χ1) is 14.8. The number of hydrogen-bond donors (Lipinski definition) is 2. The van der Waals surface area contributed by atoms with E-state index >= 15 is 0 Å². The molecule has 164 valence electrons. The number of rotatable bonds is 3. The molecule has 2 fully saturated rings. The lowest BCUT2D eigenvalue weighted by molar-refractivity contribution is -0.0136. The van der Waals surface area contributed by atoms with Crippen LogP contribution in [0.5, 0.6) is 0 Å². The van der Waals surface area contributed by atoms with Gasteiger partial charge in [0, 0.05) is 30.2 Å². The molecule has 3 aliphatic heterocycles. The quantitative estimate of drug-likeness (QED) is 0.735. The van der Waals surface area contributed by atoms with Crippen LogP contribution in [0.25, 0.3) is 11.3 Å². The third-order valence-electron chi connectivity index (χ3n) is 5.87. The normalized spacial score (nSPS) is 26.7. The lowest BCUT2D eigenvalue weighted by Gasteiger charge is -2.28. The summed E-state index contributed by atoms with van der Waals surface area (Å²) in [5.74, 6) is -1.96. The molecular weight excluding hydrogens is 430 g/mol. The Morgan fingerprint density at radius 3 is 2.87 bits per heavy atom. The Morgan fingerprint density at radius 1 is 1.23 bits per heavy atom. The van der Waals surface area contributed by atoms with Crippen molar-refractivity contribution in [3.8, 4) is 11.3 Å². The van der Waals surface area contributed by atoms with Crippen molar-refractivity contribution in [2.75, 3.05) is 30.0 Å². The van der Waals surface area contributed by atoms with Crippen LogP contribution in [-0.2, 0) is 14.6 Å². The fraction of sp³-hybridized carbons (Fsp3) is 0.450. The molecule has 3 aliphatic rings. The zero-order valence-corrected chi connectivity index (χ0v) is 17.2. The summed E-state index contributed by atoms with van der Waals surface area (Å²) in [4.78, 5) is 12.4. The van der Waals surface area contributed by atoms with E-state index in [0.717, 1.165) is 12.3 Å². The number of benzene rings is 1. The number of anilines is 1. The van der Waals surface area contributed by atoms with Gasteiger partial charge in [0.2, 0.25) is 5.95 Å². The number of nitrogens with zero attached hydrogens (tertiary/aromatic N) is 3. The third-order valence-corrected chi connectivity index (χ3v) is 7.54. The molecule has 1 aromatic carbocycles. The minimum absolute atomic E-state index is 0.00156. The van der Waals surface area contributed by atoms with E-state index in [9.17, 15) is 22.3 Å². The Bertz CT molecular complexity index is 1190. The summed E-state index contributed by atoms with van der Waals surface area (Å²) < 4.78 is 58.8. The molecule has 0 radical (unpaired) electrons. The Kier molecular flexibility index (Phi) is 4.98. The number of aliphatic imine (C=N–C) groups is 1. The Hall–Kier alpha value is -2.50. The van der Waals surface area contributed by atoms with Crippen LogP contribution >= 0.6 is 0 Å². The highest BCUT2D eigenvalue weighted by Gasteiger charge is 2.37. The minimum Gasteiger partial charge on any atom is -0.389 e. The number of fused-ring (bicyclic) bond motifs is 3. The summed E-state index contributed by atoms with van der Waals surface area (Å²) >= 11 is 0. The molecule has 8 nitrogen and oxygen atoms in total. The van der Waals surface area contributed by atoms with Crippen LogP contribution in [0.1, 0.15) is 24.3 Å². The molecule has 0 saturated carbocycles. The Balaban J connectivity index is 1.50. The maximum atomic E-state index is 14.8. The number of hydrogen-bond acceptors (Lipinski definition) is 8. The maximum Gasteiger partial charge on any atom is 0.223 e. The van der Waals surface area contributed by atoms with E-state index in [1.165, 1.54) is 0 Å². The second kappa shape index (κ2) is 7.57. The molecule has 4 heterocycles. The van der Waals surface area contributed by atoms with Crippen LogP contribution in [0, 0.1) is 11.6 Å². The summed E-state index contributed by atoms with van der Waals surface area (Å²) in [5.41, 5.74) is 1.23. The SMILES string of the molecule is O=S1(=O)CCC2=Nc3c(F)cc(-c4nc(N[C@@H]5CCOC[C@H]5O)ncc4F)cc3C2C1. The molecule has 3 atom stereocenters. The molecule has 1 aromatic heterocycles. The topological polar surface area (TPSA) is 114 Å². The van der Waals surface area contributed by atoms with Crippen molar-refractivity contribution >= 4 is 27.2 Å². The molecule has 11 heteroatoms. The maximum absolute atomic E-state index is 14.8. The summed E-state index contributed by atoms with van der Waals surface area (Å²) in [7, 11) is -3.25. The van der Waals surface area contributed by atoms with Crippen LogP contribution in [0.4, 0.5) is 20.4 Å². The van der Waals surface area contributed by atoms with Crippen LogP contribution < -0.4 is 5.32 Å². The summed E-state index contributed by atoms with van der Waals surface area (Å²) in [6.07, 6.45) is 1.02. The van der Waals surface area contributed by atoms with Gasteiger partial charge >= 0.3 is 0 Å². The molecule has 0 amide bonds. The monoisotopic (exact) mass is 450 g/mol. The van der Waals surface area contributed by atoms with Gasteiger partial charge in [-0.05, 0) is 24.1 Å². The van der Waals surface area contributed by atoms with Crippen molar-refractivity contribution in [3.63, 3.8) is 0 Å². The first kappa shape index (κ1) is 20.4. The van der Waals surface area contributed by atoms with Crippen LogP contribution in [-0.4, -0.2) is 66.1 Å². The zero-order chi connectivity index (χ0) is 21.8. The van der Waals surface area contributed by atoms with E-state index in [1.807, 2.05) is 0 Å². The number of nitrogens with one attached hydrogen (secondary N) is 1. The second-order valence-corrected chi connectivity index (χ2v) is 10.2. The summed E-state index contributed by atoms with van der Waals surface area (Å²) in [5, 5.41) is 13.0. The smallest absolute Gasteiger partial charge is 0.223 e. The van der Waals surface area contributed by atoms with Gasteiger partial charge in [0.25, 0.3) is 0 Å². The van der Waals surface area contributed by atoms with Crippen molar-refractivity contribution in [1.82, 2.24) is 9.97 Å². The van der Waals surface area contributed by atoms with Gasteiger partial charge in [-0.15, -0.1) is 0 Å². The number of ether oxygens (including phenoxy) is 1. The summed E-state index contributed by atoms with van der Waals surface area (Å²) in [6.45, 7) is 0.639. The van der Waals surface area contributed by atoms with Gasteiger partial charge in [0.05, 0.1) is 36.5 Å². The van der Waals surface area contributed by atoms with Gasteiger partial charge in [-0.25, -0.2) is 27.2 Å². The number of sulfone groups is 1. The molecular formula is C20H20F2N4O4S. The number of aliphatic hydroxyl groups is 1. The lowest BCUT2D eigenvalue weighted by Crippen LogP contribution is -2.42. The minimum atomic E-state index is -3.25. The van der Waals surface area contributed by atoms with Crippen molar-refractivity contribution in [2.45, 2.75) is 30.9 Å². The van der Waals surface area contributed by atoms with Crippen molar-refractivity contribution < 1.29 is 27.0 Å². The first-order valence-electron chi connectivity index (χ1n) is 9.97. The largest absolute Gasteiger partial charge is 0.389 e. The van der Waals surface area contributed by atoms with E-state index in [0.29, 0.717) is 24.3 Å². The van der Waals surface area contributed by atoms with Gasteiger partial charge in [-0.2, -0.15) is 0 Å². The molecule has 5 rings (SSSR count). The average Bonchev–Trinajstić information content (AvgIpc) is 3.08. The van der Waals surface area contributed by atoms with E-state index in [2.05, 4.69) is 20.3 Å². The standard InChI is InChI=1S/C20H20F2N4O4S/c21-13-6-10(5-11-12-9-31(28,29)4-2-15(12)24-19(11)13)18-14(22)7-23-20(26-18)25-16-1-3-30-8-17(16)27/h5-7,12,16-17,27H,1-4,8-9H2,(H,23,25,26)/t12?,16-,17-/m1/s1. The van der Waals surface area contributed by atoms with Gasteiger partial charge in [-0.3, -0.25) is 4.99 Å². The van der Waals surface area contributed by atoms with E-state index in [-0.39, 0.29) is 53.5 Å². The van der Waals surface area contributed by atoms with Gasteiger partial charge in [-0.1, -0.05) is 0 Å². The van der Waals surface area contributed by atoms with E-state index < -0.39 is 33.5 Å². The molecule has 0 spiro atoms. The molecule has 2 N–H and O–H groups in total. The predicted octanol–water partition coefficient (Wildman–Crippen LogP) is 1.97. The van der Waals surface area contributed by atoms with Gasteiger partial charge in [0.15, 0.2) is 15.7 Å². The van der Waals surface area contributed by atoms with E-state index in [1.54, 1.807) is 6.07 Å². The van der Waals surface area contributed by atoms with Crippen molar-refractivity contribution in [2.24, 2.45) is 4.99 Å². The zero-order valence-electron chi connectivity index (χ0n) is 16.4. The predicted molar refractivity (Wildman–Crippen MR) is 109 cm³/mol. The van der Waals surface area contributed by atoms with E-state index in [4.69, 9.17) is 4.74 Å². The van der Waals surface area contributed by atoms with Crippen molar-refractivity contribution in [3.05, 3.63) is 35.5 Å². The number of aliphatic hydroxyl groups excluding tert-OH is 1. The Morgan fingerprint density at radius 2 is 2.06 bits per heavy atom. The van der Waals surface area contributed by atoms with Gasteiger partial charge in [0.1, 0.15) is 17.2 Å². The van der Waals surface area contributed by atoms with Crippen LogP contribution in [0.2, 0.25) is 0 Å². The van der Waals surface area contributed by atoms with Crippen LogP contribution in [0.15, 0.2) is 23.3 Å². The Labute approximate surface area is 177 Å². The van der Waals surface area contributed by atoms with Crippen molar-refractivity contribution in [1.29, 1.82) is 0 Å². The molecule has 2 aromatic rings. The van der Waals surface area contributed by atoms with Gasteiger partial charge < -0.3 is 15.2 Å². The number of halogens is 2.